The van der Waals surface area contributed by atoms with Crippen molar-refractivity contribution in [1.82, 2.24) is 5.32 Å². The van der Waals surface area contributed by atoms with Crippen LogP contribution >= 0.6 is 11.6 Å². The molecule has 0 radical (unpaired) electrons. The van der Waals surface area contributed by atoms with Gasteiger partial charge >= 0.3 is 0 Å². The van der Waals surface area contributed by atoms with E-state index in [-0.39, 0.29) is 18.4 Å². The van der Waals surface area contributed by atoms with E-state index in [1.54, 1.807) is 24.3 Å². The minimum absolute atomic E-state index is 0.0561. The topological polar surface area (TPSA) is 49.4 Å². The number of hydrogen-bond donors (Lipinski definition) is 1. The van der Waals surface area contributed by atoms with Crippen LogP contribution in [0.2, 0.25) is 5.02 Å². The maximum Gasteiger partial charge on any atom is 0.253 e. The Labute approximate surface area is 117 Å². The van der Waals surface area contributed by atoms with Gasteiger partial charge in [-0.2, -0.15) is 0 Å². The minimum Gasteiger partial charge on any atom is -0.340 e. The number of amides is 2. The van der Waals surface area contributed by atoms with E-state index in [0.29, 0.717) is 23.6 Å². The van der Waals surface area contributed by atoms with Crippen LogP contribution in [0.1, 0.15) is 26.7 Å². The van der Waals surface area contributed by atoms with Crippen molar-refractivity contribution in [1.29, 1.82) is 0 Å². The summed E-state index contributed by atoms with van der Waals surface area (Å²) in [5.74, 6) is -0.183. The molecule has 1 aliphatic rings. The molecule has 1 aromatic carbocycles. The maximum absolute atomic E-state index is 12.6. The van der Waals surface area contributed by atoms with Gasteiger partial charge < -0.3 is 10.2 Å². The Bertz CT molecular complexity index is 495. The summed E-state index contributed by atoms with van der Waals surface area (Å²) >= 11 is 5.84. The first kappa shape index (κ1) is 13.9. The molecular weight excluding hydrogens is 264 g/mol. The molecule has 2 amide bonds. The summed E-state index contributed by atoms with van der Waals surface area (Å²) in [6, 6.07) is 6.95. The number of nitrogens with zero attached hydrogens (tertiary/aromatic N) is 1. The third-order valence-electron chi connectivity index (χ3n) is 3.68. The third kappa shape index (κ3) is 2.45. The molecule has 1 saturated heterocycles. The quantitative estimate of drug-likeness (QED) is 0.924. The number of hydrogen-bond acceptors (Lipinski definition) is 2. The van der Waals surface area contributed by atoms with Gasteiger partial charge in [0.1, 0.15) is 12.1 Å². The molecule has 1 heterocycles. The van der Waals surface area contributed by atoms with Crippen LogP contribution in [0, 0.1) is 0 Å². The van der Waals surface area contributed by atoms with Crippen molar-refractivity contribution in [3.05, 3.63) is 29.3 Å². The van der Waals surface area contributed by atoms with Crippen LogP contribution in [0.15, 0.2) is 24.3 Å². The second-order valence-electron chi connectivity index (χ2n) is 4.71. The summed E-state index contributed by atoms with van der Waals surface area (Å²) in [7, 11) is 0. The first-order valence-corrected chi connectivity index (χ1v) is 6.78. The zero-order chi connectivity index (χ0) is 14.0. The molecule has 0 aromatic heterocycles. The lowest BCUT2D eigenvalue weighted by atomic mass is 9.88. The molecule has 5 heteroatoms. The second kappa shape index (κ2) is 5.21. The lowest BCUT2D eigenvalue weighted by Gasteiger charge is -2.41. The number of anilines is 1. The van der Waals surface area contributed by atoms with Gasteiger partial charge in [-0.05, 0) is 37.1 Å². The van der Waals surface area contributed by atoms with Gasteiger partial charge in [-0.3, -0.25) is 9.59 Å². The predicted molar refractivity (Wildman–Crippen MR) is 75.3 cm³/mol. The molecule has 1 aliphatic heterocycles. The van der Waals surface area contributed by atoms with Gasteiger partial charge in [0.25, 0.3) is 5.91 Å². The SMILES string of the molecule is CCC1(CC)NC(=O)CN(c2ccc(Cl)cc2)C1=O. The molecule has 19 heavy (non-hydrogen) atoms. The molecular formula is C14H17ClN2O2. The summed E-state index contributed by atoms with van der Waals surface area (Å²) in [5.41, 5.74) is -0.0786. The average Bonchev–Trinajstić information content (AvgIpc) is 2.42. The van der Waals surface area contributed by atoms with Gasteiger partial charge in [0.15, 0.2) is 0 Å². The van der Waals surface area contributed by atoms with Gasteiger partial charge in [-0.25, -0.2) is 0 Å². The highest BCUT2D eigenvalue weighted by Gasteiger charge is 2.44. The molecule has 0 aliphatic carbocycles. The molecule has 0 spiro atoms. The van der Waals surface area contributed by atoms with Crippen LogP contribution < -0.4 is 10.2 Å². The predicted octanol–water partition coefficient (Wildman–Crippen LogP) is 2.36. The molecule has 0 saturated carbocycles. The van der Waals surface area contributed by atoms with Gasteiger partial charge in [0.2, 0.25) is 5.91 Å². The number of rotatable bonds is 3. The van der Waals surface area contributed by atoms with E-state index >= 15 is 0 Å². The van der Waals surface area contributed by atoms with Crippen molar-refractivity contribution in [2.45, 2.75) is 32.2 Å². The number of carbonyl (C=O) groups is 2. The van der Waals surface area contributed by atoms with Crippen molar-refractivity contribution in [3.8, 4) is 0 Å². The zero-order valence-corrected chi connectivity index (χ0v) is 11.8. The van der Waals surface area contributed by atoms with Crippen molar-refractivity contribution in [3.63, 3.8) is 0 Å². The van der Waals surface area contributed by atoms with E-state index in [0.717, 1.165) is 0 Å². The standard InChI is InChI=1S/C14H17ClN2O2/c1-3-14(4-2)13(19)17(9-12(18)16-14)11-7-5-10(15)6-8-11/h5-8H,3-4,9H2,1-2H3,(H,16,18). The summed E-state index contributed by atoms with van der Waals surface area (Å²) in [5, 5.41) is 3.44. The molecule has 1 N–H and O–H groups in total. The average molecular weight is 281 g/mol. The molecule has 1 fully saturated rings. The van der Waals surface area contributed by atoms with E-state index in [2.05, 4.69) is 5.32 Å². The van der Waals surface area contributed by atoms with Crippen molar-refractivity contribution in [2.75, 3.05) is 11.4 Å². The fraction of sp³-hybridized carbons (Fsp3) is 0.429. The van der Waals surface area contributed by atoms with Crippen LogP contribution in [0.4, 0.5) is 5.69 Å². The first-order chi connectivity index (χ1) is 9.02. The highest BCUT2D eigenvalue weighted by atomic mass is 35.5. The van der Waals surface area contributed by atoms with Crippen molar-refractivity contribution < 1.29 is 9.59 Å². The Morgan fingerprint density at radius 1 is 1.21 bits per heavy atom. The monoisotopic (exact) mass is 280 g/mol. The van der Waals surface area contributed by atoms with E-state index in [9.17, 15) is 9.59 Å². The second-order valence-corrected chi connectivity index (χ2v) is 5.14. The molecule has 102 valence electrons. The molecule has 4 nitrogen and oxygen atoms in total. The normalized spacial score (nSPS) is 18.4. The molecule has 2 rings (SSSR count). The van der Waals surface area contributed by atoms with Gasteiger partial charge in [-0.1, -0.05) is 25.4 Å². The lowest BCUT2D eigenvalue weighted by molar-refractivity contribution is -0.136. The minimum atomic E-state index is -0.783. The highest BCUT2D eigenvalue weighted by Crippen LogP contribution is 2.27. The van der Waals surface area contributed by atoms with E-state index in [4.69, 9.17) is 11.6 Å². The molecule has 1 aromatic rings. The summed E-state index contributed by atoms with van der Waals surface area (Å²) in [4.78, 5) is 26.0. The van der Waals surface area contributed by atoms with E-state index in [1.807, 2.05) is 13.8 Å². The van der Waals surface area contributed by atoms with Crippen LogP contribution in [0.5, 0.6) is 0 Å². The molecule has 0 bridgehead atoms. The van der Waals surface area contributed by atoms with Gasteiger partial charge in [-0.15, -0.1) is 0 Å². The number of halogens is 1. The lowest BCUT2D eigenvalue weighted by Crippen LogP contribution is -2.66. The molecule has 0 unspecified atom stereocenters. The van der Waals surface area contributed by atoms with Crippen LogP contribution in [-0.2, 0) is 9.59 Å². The number of nitrogens with one attached hydrogen (secondary N) is 1. The Hall–Kier alpha value is -1.55. The van der Waals surface area contributed by atoms with Gasteiger partial charge in [0.05, 0.1) is 0 Å². The largest absolute Gasteiger partial charge is 0.340 e. The van der Waals surface area contributed by atoms with E-state index in [1.165, 1.54) is 4.90 Å². The van der Waals surface area contributed by atoms with Crippen molar-refractivity contribution >= 4 is 29.1 Å². The van der Waals surface area contributed by atoms with E-state index < -0.39 is 5.54 Å². The maximum atomic E-state index is 12.6. The van der Waals surface area contributed by atoms with Crippen LogP contribution in [0.3, 0.4) is 0 Å². The Morgan fingerprint density at radius 2 is 1.79 bits per heavy atom. The Kier molecular flexibility index (Phi) is 3.80. The van der Waals surface area contributed by atoms with Crippen LogP contribution in [-0.4, -0.2) is 23.9 Å². The fourth-order valence-electron chi connectivity index (χ4n) is 2.39. The smallest absolute Gasteiger partial charge is 0.253 e. The van der Waals surface area contributed by atoms with Gasteiger partial charge in [0, 0.05) is 10.7 Å². The highest BCUT2D eigenvalue weighted by molar-refractivity contribution is 6.30. The molecule has 0 atom stereocenters. The van der Waals surface area contributed by atoms with Crippen LogP contribution in [0.25, 0.3) is 0 Å². The Morgan fingerprint density at radius 3 is 2.32 bits per heavy atom. The number of piperazine rings is 1. The summed E-state index contributed by atoms with van der Waals surface area (Å²) in [6.45, 7) is 3.88. The third-order valence-corrected chi connectivity index (χ3v) is 3.93. The van der Waals surface area contributed by atoms with Crippen molar-refractivity contribution in [2.24, 2.45) is 0 Å². The zero-order valence-electron chi connectivity index (χ0n) is 11.1. The number of carbonyl (C=O) groups excluding carboxylic acids is 2. The fourth-order valence-corrected chi connectivity index (χ4v) is 2.52. The summed E-state index contributed by atoms with van der Waals surface area (Å²) < 4.78 is 0. The first-order valence-electron chi connectivity index (χ1n) is 6.41. The number of benzene rings is 1. The Balaban J connectivity index is 2.37. The summed E-state index contributed by atoms with van der Waals surface area (Å²) in [6.07, 6.45) is 1.16.